The van der Waals surface area contributed by atoms with Crippen LogP contribution in [0.15, 0.2) is 23.9 Å². The molecular weight excluding hydrogens is 306 g/mol. The Morgan fingerprint density at radius 1 is 1.42 bits per heavy atom. The largest absolute Gasteiger partial charge is 0.481 e. The molecule has 1 aliphatic rings. The van der Waals surface area contributed by atoms with E-state index in [9.17, 15) is 4.79 Å². The van der Waals surface area contributed by atoms with Gasteiger partial charge in [0.1, 0.15) is 6.61 Å². The predicted octanol–water partition coefficient (Wildman–Crippen LogP) is 3.73. The van der Waals surface area contributed by atoms with Crippen LogP contribution in [0.3, 0.4) is 0 Å². The number of hydrogen-bond donors (Lipinski definition) is 1. The molecule has 0 spiro atoms. The van der Waals surface area contributed by atoms with Gasteiger partial charge in [0.05, 0.1) is 24.5 Å². The zero-order chi connectivity index (χ0) is 17.2. The molecule has 2 rings (SSSR count). The van der Waals surface area contributed by atoms with Crippen molar-refractivity contribution in [3.8, 4) is 0 Å². The van der Waals surface area contributed by atoms with Gasteiger partial charge in [0.2, 0.25) is 0 Å². The molecular formula is C18H29N3O3. The Morgan fingerprint density at radius 3 is 2.83 bits per heavy atom. The molecule has 1 fully saturated rings. The molecule has 1 aromatic rings. The van der Waals surface area contributed by atoms with Gasteiger partial charge in [-0.2, -0.15) is 0 Å². The van der Waals surface area contributed by atoms with Gasteiger partial charge in [-0.15, -0.1) is 0 Å². The standard InChI is InChI=1S/C18H29N3O3/c1-2-15(18(22)23)9-6-12-24-20-17(13-21-11-10-19-14-21)16-7-4-3-5-8-16/h10-11,14-16H,2-9,12-13H2,1H3,(H,22,23)/b20-17-. The van der Waals surface area contributed by atoms with Crippen molar-refractivity contribution < 1.29 is 14.7 Å². The van der Waals surface area contributed by atoms with E-state index in [2.05, 4.69) is 10.1 Å². The van der Waals surface area contributed by atoms with E-state index in [1.54, 1.807) is 12.5 Å². The van der Waals surface area contributed by atoms with Gasteiger partial charge in [-0.3, -0.25) is 4.79 Å². The second-order valence-electron chi connectivity index (χ2n) is 6.57. The number of aliphatic carboxylic acids is 1. The highest BCUT2D eigenvalue weighted by Gasteiger charge is 2.20. The summed E-state index contributed by atoms with van der Waals surface area (Å²) in [5.41, 5.74) is 1.08. The number of aromatic nitrogens is 2. The SMILES string of the molecule is CCC(CCCO/N=C(/Cn1ccnc1)C1CCCCC1)C(=O)O. The molecule has 134 valence electrons. The highest BCUT2D eigenvalue weighted by molar-refractivity contribution is 5.86. The highest BCUT2D eigenvalue weighted by Crippen LogP contribution is 2.25. The normalized spacial score (nSPS) is 17.6. The van der Waals surface area contributed by atoms with Crippen molar-refractivity contribution in [2.45, 2.75) is 64.8 Å². The number of carboxylic acids is 1. The van der Waals surface area contributed by atoms with E-state index in [4.69, 9.17) is 9.94 Å². The van der Waals surface area contributed by atoms with Crippen LogP contribution < -0.4 is 0 Å². The summed E-state index contributed by atoms with van der Waals surface area (Å²) in [4.78, 5) is 20.6. The van der Waals surface area contributed by atoms with E-state index < -0.39 is 5.97 Å². The third kappa shape index (κ3) is 5.98. The Hall–Kier alpha value is -1.85. The van der Waals surface area contributed by atoms with Gasteiger partial charge in [-0.25, -0.2) is 4.98 Å². The van der Waals surface area contributed by atoms with E-state index in [0.717, 1.165) is 18.7 Å². The Morgan fingerprint density at radius 2 is 2.21 bits per heavy atom. The summed E-state index contributed by atoms with van der Waals surface area (Å²) in [5.74, 6) is -0.506. The lowest BCUT2D eigenvalue weighted by atomic mass is 9.86. The topological polar surface area (TPSA) is 76.7 Å². The van der Waals surface area contributed by atoms with Crippen LogP contribution in [-0.2, 0) is 16.2 Å². The van der Waals surface area contributed by atoms with E-state index in [1.165, 1.54) is 32.1 Å². The van der Waals surface area contributed by atoms with Gasteiger partial charge in [0, 0.05) is 18.3 Å². The fourth-order valence-electron chi connectivity index (χ4n) is 3.26. The lowest BCUT2D eigenvalue weighted by Crippen LogP contribution is -2.23. The smallest absolute Gasteiger partial charge is 0.306 e. The monoisotopic (exact) mass is 335 g/mol. The van der Waals surface area contributed by atoms with Crippen LogP contribution in [0.5, 0.6) is 0 Å². The Balaban J connectivity index is 1.84. The van der Waals surface area contributed by atoms with Crippen molar-refractivity contribution in [3.63, 3.8) is 0 Å². The third-order valence-corrected chi connectivity index (χ3v) is 4.79. The van der Waals surface area contributed by atoms with Gasteiger partial charge in [-0.05, 0) is 32.1 Å². The first-order valence-corrected chi connectivity index (χ1v) is 9.08. The van der Waals surface area contributed by atoms with E-state index in [0.29, 0.717) is 25.4 Å². The third-order valence-electron chi connectivity index (χ3n) is 4.79. The zero-order valence-corrected chi connectivity index (χ0v) is 14.6. The van der Waals surface area contributed by atoms with E-state index in [-0.39, 0.29) is 5.92 Å². The molecule has 6 heteroatoms. The molecule has 24 heavy (non-hydrogen) atoms. The Kier molecular flexibility index (Phi) is 7.79. The van der Waals surface area contributed by atoms with Crippen molar-refractivity contribution in [2.75, 3.05) is 6.61 Å². The van der Waals surface area contributed by atoms with E-state index >= 15 is 0 Å². The molecule has 1 atom stereocenters. The summed E-state index contributed by atoms with van der Waals surface area (Å²) in [7, 11) is 0. The van der Waals surface area contributed by atoms with E-state index in [1.807, 2.05) is 17.7 Å². The number of rotatable bonds is 10. The molecule has 0 aromatic carbocycles. The number of oxime groups is 1. The Labute approximate surface area is 143 Å². The van der Waals surface area contributed by atoms with Crippen LogP contribution in [0.4, 0.5) is 0 Å². The minimum absolute atomic E-state index is 0.277. The molecule has 1 saturated carbocycles. The minimum Gasteiger partial charge on any atom is -0.481 e. The maximum Gasteiger partial charge on any atom is 0.306 e. The summed E-state index contributed by atoms with van der Waals surface area (Å²) in [6.07, 6.45) is 13.7. The second kappa shape index (κ2) is 10.1. The quantitative estimate of drug-likeness (QED) is 0.401. The van der Waals surface area contributed by atoms with Crippen LogP contribution in [0.1, 0.15) is 58.3 Å². The first-order chi connectivity index (χ1) is 11.7. The van der Waals surface area contributed by atoms with Crippen molar-refractivity contribution in [1.29, 1.82) is 0 Å². The maximum atomic E-state index is 11.0. The number of carboxylic acid groups (broad SMARTS) is 1. The summed E-state index contributed by atoms with van der Waals surface area (Å²) in [6.45, 7) is 3.10. The number of nitrogens with zero attached hydrogens (tertiary/aromatic N) is 3. The summed E-state index contributed by atoms with van der Waals surface area (Å²) >= 11 is 0. The van der Waals surface area contributed by atoms with Crippen LogP contribution in [-0.4, -0.2) is 32.9 Å². The van der Waals surface area contributed by atoms with Crippen LogP contribution in [0.2, 0.25) is 0 Å². The second-order valence-corrected chi connectivity index (χ2v) is 6.57. The molecule has 1 unspecified atom stereocenters. The molecule has 6 nitrogen and oxygen atoms in total. The fraction of sp³-hybridized carbons (Fsp3) is 0.722. The molecule has 1 N–H and O–H groups in total. The molecule has 0 amide bonds. The highest BCUT2D eigenvalue weighted by atomic mass is 16.6. The van der Waals surface area contributed by atoms with Crippen molar-refractivity contribution in [3.05, 3.63) is 18.7 Å². The van der Waals surface area contributed by atoms with Gasteiger partial charge in [0.15, 0.2) is 0 Å². The van der Waals surface area contributed by atoms with Gasteiger partial charge < -0.3 is 14.5 Å². The van der Waals surface area contributed by atoms with Crippen LogP contribution >= 0.6 is 0 Å². The molecule has 0 radical (unpaired) electrons. The zero-order valence-electron chi connectivity index (χ0n) is 14.6. The molecule has 0 bridgehead atoms. The summed E-state index contributed by atoms with van der Waals surface area (Å²) < 4.78 is 2.02. The van der Waals surface area contributed by atoms with Crippen molar-refractivity contribution in [1.82, 2.24) is 9.55 Å². The molecule has 1 aliphatic carbocycles. The first-order valence-electron chi connectivity index (χ1n) is 9.08. The molecule has 0 saturated heterocycles. The van der Waals surface area contributed by atoms with Crippen molar-refractivity contribution >= 4 is 11.7 Å². The maximum absolute atomic E-state index is 11.0. The molecule has 1 aromatic heterocycles. The van der Waals surface area contributed by atoms with Crippen LogP contribution in [0, 0.1) is 11.8 Å². The lowest BCUT2D eigenvalue weighted by molar-refractivity contribution is -0.142. The van der Waals surface area contributed by atoms with Crippen molar-refractivity contribution in [2.24, 2.45) is 17.0 Å². The average molecular weight is 335 g/mol. The van der Waals surface area contributed by atoms with Gasteiger partial charge in [0.25, 0.3) is 0 Å². The lowest BCUT2D eigenvalue weighted by Gasteiger charge is -2.23. The predicted molar refractivity (Wildman–Crippen MR) is 92.8 cm³/mol. The number of carbonyl (C=O) groups is 1. The Bertz CT molecular complexity index is 508. The molecule has 0 aliphatic heterocycles. The average Bonchev–Trinajstić information content (AvgIpc) is 3.10. The number of hydrogen-bond acceptors (Lipinski definition) is 4. The minimum atomic E-state index is -0.719. The number of imidazole rings is 1. The first kappa shape index (κ1) is 18.5. The van der Waals surface area contributed by atoms with Gasteiger partial charge >= 0.3 is 5.97 Å². The summed E-state index contributed by atoms with van der Waals surface area (Å²) in [5, 5.41) is 13.5. The summed E-state index contributed by atoms with van der Waals surface area (Å²) in [6, 6.07) is 0. The molecule has 1 heterocycles. The van der Waals surface area contributed by atoms with Gasteiger partial charge in [-0.1, -0.05) is 31.3 Å². The van der Waals surface area contributed by atoms with Crippen LogP contribution in [0.25, 0.3) is 0 Å². The fourth-order valence-corrected chi connectivity index (χ4v) is 3.26.